The molecule has 4 heteroatoms. The summed E-state index contributed by atoms with van der Waals surface area (Å²) in [6.45, 7) is 1.98. The lowest BCUT2D eigenvalue weighted by molar-refractivity contribution is -0.150. The number of aliphatic hydroxyl groups excluding tert-OH is 1. The molecule has 0 aromatic heterocycles. The van der Waals surface area contributed by atoms with Crippen molar-refractivity contribution in [2.45, 2.75) is 19.4 Å². The van der Waals surface area contributed by atoms with Crippen LogP contribution in [0.2, 0.25) is 0 Å². The Kier molecular flexibility index (Phi) is 4.29. The molecular weight excluding hydrogens is 260 g/mol. The van der Waals surface area contributed by atoms with E-state index in [4.69, 9.17) is 0 Å². The van der Waals surface area contributed by atoms with Gasteiger partial charge in [0.2, 0.25) is 0 Å². The van der Waals surface area contributed by atoms with Gasteiger partial charge in [-0.1, -0.05) is 28.1 Å². The molecule has 0 radical (unpaired) electrons. The highest BCUT2D eigenvalue weighted by Crippen LogP contribution is 2.18. The minimum absolute atomic E-state index is 0.269. The number of carbonyl (C=O) groups excluding carboxylic acids is 1. The summed E-state index contributed by atoms with van der Waals surface area (Å²) in [5.74, 6) is -0.605. The fraction of sp³-hybridized carbons (Fsp3) is 0.364. The second-order valence-electron chi connectivity index (χ2n) is 3.33. The zero-order chi connectivity index (χ0) is 11.4. The van der Waals surface area contributed by atoms with Crippen molar-refractivity contribution in [2.24, 2.45) is 0 Å². The number of benzene rings is 1. The summed E-state index contributed by atoms with van der Waals surface area (Å²) in [7, 11) is 1.26. The Hall–Kier alpha value is -0.870. The van der Waals surface area contributed by atoms with Gasteiger partial charge in [-0.2, -0.15) is 0 Å². The molecule has 0 saturated carbocycles. The van der Waals surface area contributed by atoms with E-state index in [1.807, 2.05) is 25.1 Å². The molecule has 0 aliphatic carbocycles. The number of carbonyl (C=O) groups is 1. The minimum atomic E-state index is -1.09. The molecule has 0 spiro atoms. The molecule has 1 rings (SSSR count). The molecule has 0 unspecified atom stereocenters. The van der Waals surface area contributed by atoms with E-state index < -0.39 is 12.1 Å². The predicted molar refractivity (Wildman–Crippen MR) is 60.6 cm³/mol. The van der Waals surface area contributed by atoms with Crippen molar-refractivity contribution in [2.75, 3.05) is 7.11 Å². The van der Waals surface area contributed by atoms with Gasteiger partial charge in [-0.15, -0.1) is 0 Å². The van der Waals surface area contributed by atoms with Gasteiger partial charge in [0, 0.05) is 10.9 Å². The summed E-state index contributed by atoms with van der Waals surface area (Å²) in [4.78, 5) is 11.0. The highest BCUT2D eigenvalue weighted by Gasteiger charge is 2.15. The van der Waals surface area contributed by atoms with Crippen LogP contribution < -0.4 is 0 Å². The van der Waals surface area contributed by atoms with Crippen molar-refractivity contribution in [3.05, 3.63) is 33.8 Å². The van der Waals surface area contributed by atoms with Crippen molar-refractivity contribution in [3.8, 4) is 0 Å². The highest BCUT2D eigenvalue weighted by atomic mass is 79.9. The summed E-state index contributed by atoms with van der Waals surface area (Å²) in [6.07, 6.45) is -0.824. The first kappa shape index (κ1) is 12.2. The molecule has 1 aromatic rings. The summed E-state index contributed by atoms with van der Waals surface area (Å²) < 4.78 is 5.41. The minimum Gasteiger partial charge on any atom is -0.467 e. The summed E-state index contributed by atoms with van der Waals surface area (Å²) in [5.41, 5.74) is 2.01. The van der Waals surface area contributed by atoms with Gasteiger partial charge in [0.25, 0.3) is 0 Å². The second kappa shape index (κ2) is 5.28. The average Bonchev–Trinajstić information content (AvgIpc) is 2.22. The third-order valence-corrected chi connectivity index (χ3v) is 2.99. The summed E-state index contributed by atoms with van der Waals surface area (Å²) in [5, 5.41) is 9.44. The van der Waals surface area contributed by atoms with Gasteiger partial charge >= 0.3 is 5.97 Å². The summed E-state index contributed by atoms with van der Waals surface area (Å²) in [6, 6.07) is 5.71. The summed E-state index contributed by atoms with van der Waals surface area (Å²) >= 11 is 3.39. The molecule has 82 valence electrons. The van der Waals surface area contributed by atoms with Crippen LogP contribution in [0.3, 0.4) is 0 Å². The zero-order valence-electron chi connectivity index (χ0n) is 8.66. The van der Waals surface area contributed by atoms with Crippen LogP contribution in [-0.2, 0) is 16.0 Å². The van der Waals surface area contributed by atoms with Gasteiger partial charge in [0.1, 0.15) is 0 Å². The van der Waals surface area contributed by atoms with Gasteiger partial charge in [-0.3, -0.25) is 0 Å². The number of rotatable bonds is 3. The third kappa shape index (κ3) is 3.32. The lowest BCUT2D eigenvalue weighted by Crippen LogP contribution is -2.24. The van der Waals surface area contributed by atoms with Gasteiger partial charge in [0.15, 0.2) is 6.10 Å². The number of esters is 1. The van der Waals surface area contributed by atoms with Crippen molar-refractivity contribution in [3.63, 3.8) is 0 Å². The van der Waals surface area contributed by atoms with Crippen LogP contribution in [0.25, 0.3) is 0 Å². The fourth-order valence-corrected chi connectivity index (χ4v) is 1.63. The smallest absolute Gasteiger partial charge is 0.335 e. The first-order chi connectivity index (χ1) is 7.04. The monoisotopic (exact) mass is 272 g/mol. The van der Waals surface area contributed by atoms with Crippen LogP contribution in [-0.4, -0.2) is 24.3 Å². The van der Waals surface area contributed by atoms with Crippen LogP contribution in [0.1, 0.15) is 11.1 Å². The van der Waals surface area contributed by atoms with E-state index in [0.717, 1.165) is 15.6 Å². The first-order valence-electron chi connectivity index (χ1n) is 4.55. The second-order valence-corrected chi connectivity index (χ2v) is 4.18. The Morgan fingerprint density at radius 1 is 1.60 bits per heavy atom. The molecule has 1 aromatic carbocycles. The average molecular weight is 273 g/mol. The van der Waals surface area contributed by atoms with E-state index in [1.165, 1.54) is 7.11 Å². The lowest BCUT2D eigenvalue weighted by Gasteiger charge is -2.09. The molecule has 0 saturated heterocycles. The van der Waals surface area contributed by atoms with Crippen LogP contribution >= 0.6 is 15.9 Å². The maximum atomic E-state index is 11.0. The van der Waals surface area contributed by atoms with Crippen molar-refractivity contribution < 1.29 is 14.6 Å². The number of hydrogen-bond acceptors (Lipinski definition) is 3. The van der Waals surface area contributed by atoms with E-state index in [1.54, 1.807) is 0 Å². The molecule has 0 amide bonds. The molecule has 1 atom stereocenters. The molecule has 1 N–H and O–H groups in total. The molecular formula is C11H13BrO3. The van der Waals surface area contributed by atoms with Gasteiger partial charge in [-0.05, 0) is 24.1 Å². The maximum absolute atomic E-state index is 11.0. The number of halogens is 1. The molecule has 0 aliphatic rings. The normalized spacial score (nSPS) is 12.3. The number of methoxy groups -OCH3 is 1. The van der Waals surface area contributed by atoms with Crippen LogP contribution in [0.5, 0.6) is 0 Å². The topological polar surface area (TPSA) is 46.5 Å². The molecule has 0 heterocycles. The van der Waals surface area contributed by atoms with E-state index in [9.17, 15) is 9.90 Å². The van der Waals surface area contributed by atoms with Gasteiger partial charge in [0.05, 0.1) is 7.11 Å². The Balaban J connectivity index is 2.73. The van der Waals surface area contributed by atoms with E-state index in [0.29, 0.717) is 0 Å². The predicted octanol–water partition coefficient (Wildman–Crippen LogP) is 1.83. The van der Waals surface area contributed by atoms with Crippen LogP contribution in [0.15, 0.2) is 22.7 Å². The molecule has 0 aliphatic heterocycles. The van der Waals surface area contributed by atoms with Gasteiger partial charge in [-0.25, -0.2) is 4.79 Å². The van der Waals surface area contributed by atoms with Crippen molar-refractivity contribution in [1.82, 2.24) is 0 Å². The van der Waals surface area contributed by atoms with Gasteiger partial charge < -0.3 is 9.84 Å². The first-order valence-corrected chi connectivity index (χ1v) is 5.35. The van der Waals surface area contributed by atoms with Crippen molar-refractivity contribution >= 4 is 21.9 Å². The highest BCUT2D eigenvalue weighted by molar-refractivity contribution is 9.10. The maximum Gasteiger partial charge on any atom is 0.335 e. The molecule has 15 heavy (non-hydrogen) atoms. The molecule has 0 fully saturated rings. The number of aryl methyl sites for hydroxylation is 1. The Bertz CT molecular complexity index is 363. The Morgan fingerprint density at radius 3 is 2.80 bits per heavy atom. The fourth-order valence-electron chi connectivity index (χ4n) is 1.21. The molecule has 3 nitrogen and oxygen atoms in total. The molecule has 0 bridgehead atoms. The number of ether oxygens (including phenoxy) is 1. The zero-order valence-corrected chi connectivity index (χ0v) is 10.2. The third-order valence-electron chi connectivity index (χ3n) is 2.14. The van der Waals surface area contributed by atoms with Crippen LogP contribution in [0, 0.1) is 6.92 Å². The van der Waals surface area contributed by atoms with Crippen molar-refractivity contribution in [1.29, 1.82) is 0 Å². The van der Waals surface area contributed by atoms with E-state index in [-0.39, 0.29) is 6.42 Å². The number of hydrogen-bond donors (Lipinski definition) is 1. The SMILES string of the molecule is COC(=O)[C@H](O)Cc1ccc(C)c(Br)c1. The Labute approximate surface area is 97.2 Å². The quantitative estimate of drug-likeness (QED) is 0.855. The van der Waals surface area contributed by atoms with E-state index in [2.05, 4.69) is 20.7 Å². The largest absolute Gasteiger partial charge is 0.467 e. The number of aliphatic hydroxyl groups is 1. The Morgan fingerprint density at radius 2 is 2.27 bits per heavy atom. The van der Waals surface area contributed by atoms with Crippen LogP contribution in [0.4, 0.5) is 0 Å². The van der Waals surface area contributed by atoms with E-state index >= 15 is 0 Å². The standard InChI is InChI=1S/C11H13BrO3/c1-7-3-4-8(5-9(7)12)6-10(13)11(14)15-2/h3-5,10,13H,6H2,1-2H3/t10-/m1/s1. The lowest BCUT2D eigenvalue weighted by atomic mass is 10.1.